The number of fused-ring (bicyclic) bond motifs is 1. The van der Waals surface area contributed by atoms with Gasteiger partial charge < -0.3 is 9.47 Å². The lowest BCUT2D eigenvalue weighted by molar-refractivity contribution is -0.111. The van der Waals surface area contributed by atoms with E-state index in [2.05, 4.69) is 19.6 Å². The summed E-state index contributed by atoms with van der Waals surface area (Å²) in [6.45, 7) is 2.39. The van der Waals surface area contributed by atoms with Gasteiger partial charge in [0, 0.05) is 6.42 Å². The highest BCUT2D eigenvalue weighted by atomic mass is 32.1. The van der Waals surface area contributed by atoms with E-state index in [9.17, 15) is 4.79 Å². The summed E-state index contributed by atoms with van der Waals surface area (Å²) in [6, 6.07) is 5.88. The van der Waals surface area contributed by atoms with Crippen molar-refractivity contribution in [3.8, 4) is 11.5 Å². The molecular weight excluding hydrogens is 236 g/mol. The molecule has 0 bridgehead atoms. The van der Waals surface area contributed by atoms with Gasteiger partial charge in [-0.2, -0.15) is 0 Å². The summed E-state index contributed by atoms with van der Waals surface area (Å²) in [7, 11) is 0. The molecule has 0 saturated heterocycles. The molecule has 0 radical (unpaired) electrons. The Kier molecular flexibility index (Phi) is 3.94. The summed E-state index contributed by atoms with van der Waals surface area (Å²) < 4.78 is 10.6. The number of benzene rings is 1. The third-order valence-electron chi connectivity index (χ3n) is 2.93. The van der Waals surface area contributed by atoms with E-state index >= 15 is 0 Å². The molecule has 1 aliphatic rings. The SMILES string of the molecule is CCCC(CC(=O)S)c1ccc2c(c1)OCO2. The molecule has 1 heterocycles. The molecule has 1 aromatic carbocycles. The van der Waals surface area contributed by atoms with E-state index in [4.69, 9.17) is 9.47 Å². The Bertz CT molecular complexity index is 417. The molecule has 0 fully saturated rings. The molecule has 0 spiro atoms. The number of hydrogen-bond acceptors (Lipinski definition) is 3. The Morgan fingerprint density at radius 2 is 2.18 bits per heavy atom. The molecule has 0 saturated carbocycles. The lowest BCUT2D eigenvalue weighted by atomic mass is 9.91. The highest BCUT2D eigenvalue weighted by Crippen LogP contribution is 2.36. The molecule has 0 amide bonds. The van der Waals surface area contributed by atoms with Crippen molar-refractivity contribution in [1.29, 1.82) is 0 Å². The first kappa shape index (κ1) is 12.3. The molecular formula is C13H16O3S. The minimum absolute atomic E-state index is 0.0684. The fraction of sp³-hybridized carbons (Fsp3) is 0.462. The molecule has 0 aromatic heterocycles. The number of carbonyl (C=O) groups is 1. The molecule has 0 aliphatic carbocycles. The Labute approximate surface area is 107 Å². The third-order valence-corrected chi connectivity index (χ3v) is 3.11. The molecule has 1 aromatic rings. The van der Waals surface area contributed by atoms with Gasteiger partial charge in [-0.3, -0.25) is 4.79 Å². The second-order valence-electron chi connectivity index (χ2n) is 4.20. The van der Waals surface area contributed by atoms with Crippen molar-refractivity contribution in [3.63, 3.8) is 0 Å². The van der Waals surface area contributed by atoms with E-state index in [0.29, 0.717) is 6.42 Å². The zero-order valence-electron chi connectivity index (χ0n) is 9.81. The standard InChI is InChI=1S/C13H16O3S/c1-2-3-9(7-13(14)17)10-4-5-11-12(6-10)16-8-15-11/h4-6,9H,2-3,7-8H2,1H3,(H,14,17). The third kappa shape index (κ3) is 2.94. The summed E-state index contributed by atoms with van der Waals surface area (Å²) in [5.74, 6) is 1.77. The van der Waals surface area contributed by atoms with Crippen LogP contribution in [0.2, 0.25) is 0 Å². The van der Waals surface area contributed by atoms with Crippen LogP contribution in [0.4, 0.5) is 0 Å². The van der Waals surface area contributed by atoms with Crippen LogP contribution in [0, 0.1) is 0 Å². The van der Waals surface area contributed by atoms with Crippen LogP contribution in [-0.2, 0) is 4.79 Å². The van der Waals surface area contributed by atoms with Crippen molar-refractivity contribution < 1.29 is 14.3 Å². The average molecular weight is 252 g/mol. The molecule has 3 nitrogen and oxygen atoms in total. The molecule has 1 aliphatic heterocycles. The Morgan fingerprint density at radius 1 is 1.41 bits per heavy atom. The Balaban J connectivity index is 2.20. The summed E-state index contributed by atoms with van der Waals surface area (Å²) in [5.41, 5.74) is 1.12. The van der Waals surface area contributed by atoms with Gasteiger partial charge in [0.2, 0.25) is 6.79 Å². The number of thiol groups is 1. The predicted molar refractivity (Wildman–Crippen MR) is 68.8 cm³/mol. The van der Waals surface area contributed by atoms with Crippen LogP contribution < -0.4 is 9.47 Å². The van der Waals surface area contributed by atoms with Gasteiger partial charge in [0.05, 0.1) is 0 Å². The predicted octanol–water partition coefficient (Wildman–Crippen LogP) is 3.15. The van der Waals surface area contributed by atoms with Crippen molar-refractivity contribution in [2.24, 2.45) is 0 Å². The highest BCUT2D eigenvalue weighted by molar-refractivity contribution is 7.96. The zero-order valence-corrected chi connectivity index (χ0v) is 10.7. The van der Waals surface area contributed by atoms with Gasteiger partial charge in [0.25, 0.3) is 0 Å². The summed E-state index contributed by atoms with van der Waals surface area (Å²) >= 11 is 3.87. The normalized spacial score (nSPS) is 14.7. The number of carbonyl (C=O) groups excluding carboxylic acids is 1. The first-order chi connectivity index (χ1) is 8.20. The van der Waals surface area contributed by atoms with Gasteiger partial charge in [-0.1, -0.05) is 19.4 Å². The monoisotopic (exact) mass is 252 g/mol. The summed E-state index contributed by atoms with van der Waals surface area (Å²) in [5, 5.41) is -0.0684. The fourth-order valence-electron chi connectivity index (χ4n) is 2.11. The minimum Gasteiger partial charge on any atom is -0.454 e. The second-order valence-corrected chi connectivity index (χ2v) is 4.69. The molecule has 1 atom stereocenters. The average Bonchev–Trinajstić information content (AvgIpc) is 2.74. The van der Waals surface area contributed by atoms with Crippen LogP contribution >= 0.6 is 12.6 Å². The molecule has 92 valence electrons. The minimum atomic E-state index is -0.0684. The van der Waals surface area contributed by atoms with Crippen LogP contribution in [-0.4, -0.2) is 11.9 Å². The Hall–Kier alpha value is -1.16. The van der Waals surface area contributed by atoms with Gasteiger partial charge >= 0.3 is 0 Å². The van der Waals surface area contributed by atoms with Crippen LogP contribution in [0.25, 0.3) is 0 Å². The van der Waals surface area contributed by atoms with Gasteiger partial charge in [0.15, 0.2) is 16.6 Å². The molecule has 4 heteroatoms. The lowest BCUT2D eigenvalue weighted by Gasteiger charge is -2.15. The number of ether oxygens (including phenoxy) is 2. The topological polar surface area (TPSA) is 35.5 Å². The highest BCUT2D eigenvalue weighted by Gasteiger charge is 2.18. The van der Waals surface area contributed by atoms with Gasteiger partial charge in [0.1, 0.15) is 0 Å². The van der Waals surface area contributed by atoms with E-state index < -0.39 is 0 Å². The van der Waals surface area contributed by atoms with E-state index in [1.54, 1.807) is 0 Å². The van der Waals surface area contributed by atoms with Gasteiger partial charge in [-0.05, 0) is 30.0 Å². The van der Waals surface area contributed by atoms with E-state index in [1.807, 2.05) is 18.2 Å². The first-order valence-corrected chi connectivity index (χ1v) is 6.26. The molecule has 0 N–H and O–H groups in total. The first-order valence-electron chi connectivity index (χ1n) is 5.82. The Morgan fingerprint density at radius 3 is 2.88 bits per heavy atom. The number of hydrogen-bond donors (Lipinski definition) is 1. The van der Waals surface area contributed by atoms with Crippen molar-refractivity contribution >= 4 is 17.7 Å². The zero-order chi connectivity index (χ0) is 12.3. The maximum absolute atomic E-state index is 11.1. The smallest absolute Gasteiger partial charge is 0.231 e. The van der Waals surface area contributed by atoms with E-state index in [1.165, 1.54) is 0 Å². The van der Waals surface area contributed by atoms with Crippen LogP contribution in [0.3, 0.4) is 0 Å². The molecule has 2 rings (SSSR count). The maximum atomic E-state index is 11.1. The van der Waals surface area contributed by atoms with Crippen molar-refractivity contribution in [2.45, 2.75) is 32.1 Å². The quantitative estimate of drug-likeness (QED) is 0.818. The van der Waals surface area contributed by atoms with Crippen molar-refractivity contribution in [1.82, 2.24) is 0 Å². The summed E-state index contributed by atoms with van der Waals surface area (Å²) in [6.07, 6.45) is 2.49. The van der Waals surface area contributed by atoms with Crippen molar-refractivity contribution in [2.75, 3.05) is 6.79 Å². The van der Waals surface area contributed by atoms with Crippen LogP contribution in [0.1, 0.15) is 37.7 Å². The van der Waals surface area contributed by atoms with Crippen LogP contribution in [0.15, 0.2) is 18.2 Å². The largest absolute Gasteiger partial charge is 0.454 e. The molecule has 1 unspecified atom stereocenters. The lowest BCUT2D eigenvalue weighted by Crippen LogP contribution is -2.03. The number of rotatable bonds is 5. The van der Waals surface area contributed by atoms with E-state index in [-0.39, 0.29) is 17.8 Å². The van der Waals surface area contributed by atoms with Gasteiger partial charge in [-0.15, -0.1) is 12.6 Å². The van der Waals surface area contributed by atoms with E-state index in [0.717, 1.165) is 29.9 Å². The van der Waals surface area contributed by atoms with Gasteiger partial charge in [-0.25, -0.2) is 0 Å². The summed E-state index contributed by atoms with van der Waals surface area (Å²) in [4.78, 5) is 11.1. The fourth-order valence-corrected chi connectivity index (χ4v) is 2.33. The maximum Gasteiger partial charge on any atom is 0.231 e. The molecule has 17 heavy (non-hydrogen) atoms. The second kappa shape index (κ2) is 5.45. The van der Waals surface area contributed by atoms with Crippen LogP contribution in [0.5, 0.6) is 11.5 Å². The van der Waals surface area contributed by atoms with Crippen molar-refractivity contribution in [3.05, 3.63) is 23.8 Å².